The molecule has 1 amide bonds. The van der Waals surface area contributed by atoms with Crippen LogP contribution in [-0.4, -0.2) is 64.6 Å². The first-order valence-electron chi connectivity index (χ1n) is 12.4. The number of carbonyl (C=O) groups is 1. The van der Waals surface area contributed by atoms with E-state index in [9.17, 15) is 13.2 Å². The summed E-state index contributed by atoms with van der Waals surface area (Å²) >= 11 is 0. The second-order valence-corrected chi connectivity index (χ2v) is 12.6. The van der Waals surface area contributed by atoms with Gasteiger partial charge in [0.1, 0.15) is 17.7 Å². The van der Waals surface area contributed by atoms with Crippen LogP contribution < -0.4 is 4.90 Å². The molecule has 36 heavy (non-hydrogen) atoms. The highest BCUT2D eigenvalue weighted by molar-refractivity contribution is 7.89. The smallest absolute Gasteiger partial charge is 0.410 e. The number of rotatable bonds is 5. The minimum atomic E-state index is -3.68. The second kappa shape index (κ2) is 9.06. The number of anilines is 1. The van der Waals surface area contributed by atoms with E-state index in [1.807, 2.05) is 58.0 Å². The van der Waals surface area contributed by atoms with Crippen molar-refractivity contribution in [3.63, 3.8) is 0 Å². The molecule has 1 aliphatic heterocycles. The van der Waals surface area contributed by atoms with Crippen molar-refractivity contribution < 1.29 is 17.9 Å². The lowest BCUT2D eigenvalue weighted by atomic mass is 10.1. The second-order valence-electron chi connectivity index (χ2n) is 10.8. The molecule has 2 aromatic heterocycles. The molecule has 1 aromatic carbocycles. The summed E-state index contributed by atoms with van der Waals surface area (Å²) in [5, 5.41) is 0.800. The molecule has 1 saturated carbocycles. The molecular formula is C26H33N5O4S. The Morgan fingerprint density at radius 2 is 1.83 bits per heavy atom. The molecule has 0 N–H and O–H groups in total. The van der Waals surface area contributed by atoms with Crippen molar-refractivity contribution in [3.8, 4) is 0 Å². The molecule has 2 aliphatic rings. The van der Waals surface area contributed by atoms with Crippen LogP contribution in [0.25, 0.3) is 11.0 Å². The van der Waals surface area contributed by atoms with Crippen LogP contribution >= 0.6 is 0 Å². The summed E-state index contributed by atoms with van der Waals surface area (Å²) in [5.74, 6) is 0.933. The fourth-order valence-electron chi connectivity index (χ4n) is 4.80. The van der Waals surface area contributed by atoms with Crippen molar-refractivity contribution >= 4 is 33.0 Å². The Balaban J connectivity index is 1.49. The van der Waals surface area contributed by atoms with E-state index >= 15 is 0 Å². The van der Waals surface area contributed by atoms with E-state index in [0.29, 0.717) is 31.2 Å². The van der Waals surface area contributed by atoms with Gasteiger partial charge in [-0.2, -0.15) is 0 Å². The van der Waals surface area contributed by atoms with E-state index in [4.69, 9.17) is 4.74 Å². The third-order valence-corrected chi connectivity index (χ3v) is 8.20. The Labute approximate surface area is 212 Å². The number of nitrogens with zero attached hydrogens (tertiary/aromatic N) is 5. The van der Waals surface area contributed by atoms with Crippen molar-refractivity contribution in [2.45, 2.75) is 63.9 Å². The van der Waals surface area contributed by atoms with Crippen LogP contribution in [0.5, 0.6) is 0 Å². The molecule has 0 bridgehead atoms. The largest absolute Gasteiger partial charge is 0.444 e. The lowest BCUT2D eigenvalue weighted by Crippen LogP contribution is -2.54. The van der Waals surface area contributed by atoms with E-state index in [1.54, 1.807) is 11.1 Å². The number of hydrogen-bond acceptors (Lipinski definition) is 7. The molecule has 3 aromatic rings. The fraction of sp³-hybridized carbons (Fsp3) is 0.500. The van der Waals surface area contributed by atoms with Crippen molar-refractivity contribution in [1.29, 1.82) is 0 Å². The maximum Gasteiger partial charge on any atom is 0.410 e. The van der Waals surface area contributed by atoms with Crippen molar-refractivity contribution in [1.82, 2.24) is 18.8 Å². The van der Waals surface area contributed by atoms with Gasteiger partial charge in [-0.25, -0.2) is 27.2 Å². The third kappa shape index (κ3) is 4.91. The molecule has 5 rings (SSSR count). The van der Waals surface area contributed by atoms with E-state index in [-0.39, 0.29) is 17.9 Å². The van der Waals surface area contributed by atoms with Crippen molar-refractivity contribution in [3.05, 3.63) is 54.0 Å². The number of ether oxygens (including phenoxy) is 1. The Bertz CT molecular complexity index is 1380. The Morgan fingerprint density at radius 1 is 1.11 bits per heavy atom. The van der Waals surface area contributed by atoms with E-state index in [1.165, 1.54) is 10.3 Å². The predicted molar refractivity (Wildman–Crippen MR) is 139 cm³/mol. The summed E-state index contributed by atoms with van der Waals surface area (Å²) in [6.45, 7) is 9.18. The van der Waals surface area contributed by atoms with Crippen LogP contribution in [0.2, 0.25) is 0 Å². The van der Waals surface area contributed by atoms with Gasteiger partial charge in [0, 0.05) is 31.9 Å². The lowest BCUT2D eigenvalue weighted by Gasteiger charge is -2.41. The average Bonchev–Trinajstić information content (AvgIpc) is 3.57. The van der Waals surface area contributed by atoms with Gasteiger partial charge in [0.05, 0.1) is 11.1 Å². The molecule has 1 saturated heterocycles. The van der Waals surface area contributed by atoms with Crippen LogP contribution in [0.3, 0.4) is 0 Å². The first kappa shape index (κ1) is 24.5. The molecule has 0 unspecified atom stereocenters. The van der Waals surface area contributed by atoms with Gasteiger partial charge in [-0.15, -0.1) is 0 Å². The molecular weight excluding hydrogens is 478 g/mol. The van der Waals surface area contributed by atoms with Gasteiger partial charge in [-0.05, 0) is 57.6 Å². The molecule has 192 valence electrons. The highest BCUT2D eigenvalue weighted by Crippen LogP contribution is 2.46. The molecule has 0 spiro atoms. The molecule has 9 nitrogen and oxygen atoms in total. The maximum atomic E-state index is 13.5. The van der Waals surface area contributed by atoms with Crippen molar-refractivity contribution in [2.75, 3.05) is 24.5 Å². The number of amides is 1. The summed E-state index contributed by atoms with van der Waals surface area (Å²) in [6, 6.07) is 9.16. The van der Waals surface area contributed by atoms with E-state index in [0.717, 1.165) is 35.2 Å². The first-order valence-corrected chi connectivity index (χ1v) is 14.0. The minimum Gasteiger partial charge on any atom is -0.444 e. The summed E-state index contributed by atoms with van der Waals surface area (Å²) in [4.78, 5) is 25.6. The Morgan fingerprint density at radius 3 is 2.47 bits per heavy atom. The average molecular weight is 512 g/mol. The monoisotopic (exact) mass is 511 g/mol. The van der Waals surface area contributed by atoms with E-state index < -0.39 is 15.6 Å². The number of hydrogen-bond donors (Lipinski definition) is 0. The highest BCUT2D eigenvalue weighted by atomic mass is 32.2. The number of benzene rings is 1. The molecule has 10 heteroatoms. The summed E-state index contributed by atoms with van der Waals surface area (Å²) in [6.07, 6.45) is 4.91. The third-order valence-electron chi connectivity index (χ3n) is 6.62. The SMILES string of the molecule is C[C@@H]1CN(C(=O)OC(C)(C)C)CCN1c1ncnc2c1c(C1CC1)cn2S(=O)(=O)Cc1ccccc1. The number of aromatic nitrogens is 3. The van der Waals surface area contributed by atoms with Gasteiger partial charge < -0.3 is 14.5 Å². The van der Waals surface area contributed by atoms with E-state index in [2.05, 4.69) is 14.9 Å². The minimum absolute atomic E-state index is 0.0271. The van der Waals surface area contributed by atoms with Gasteiger partial charge in [0.15, 0.2) is 5.65 Å². The van der Waals surface area contributed by atoms with Crippen LogP contribution in [0.15, 0.2) is 42.9 Å². The maximum absolute atomic E-state index is 13.5. The zero-order valence-electron chi connectivity index (χ0n) is 21.2. The van der Waals surface area contributed by atoms with Gasteiger partial charge in [0.25, 0.3) is 0 Å². The number of fused-ring (bicyclic) bond motifs is 1. The van der Waals surface area contributed by atoms with Crippen LogP contribution in [-0.2, 0) is 20.5 Å². The van der Waals surface area contributed by atoms with Crippen LogP contribution in [0.1, 0.15) is 57.6 Å². The quantitative estimate of drug-likeness (QED) is 0.508. The lowest BCUT2D eigenvalue weighted by molar-refractivity contribution is 0.0218. The first-order chi connectivity index (χ1) is 17.0. The van der Waals surface area contributed by atoms with Gasteiger partial charge in [-0.3, -0.25) is 0 Å². The standard InChI is InChI=1S/C26H33N5O4S/c1-18-14-29(25(32)35-26(2,3)4)12-13-30(18)23-22-21(20-10-11-20)15-31(24(22)28-17-27-23)36(33,34)16-19-8-6-5-7-9-19/h5-9,15,17-18,20H,10-14,16H2,1-4H3/t18-/m1/s1. The zero-order valence-corrected chi connectivity index (χ0v) is 22.0. The normalized spacial score (nSPS) is 19.1. The molecule has 3 heterocycles. The molecule has 1 aliphatic carbocycles. The van der Waals surface area contributed by atoms with Gasteiger partial charge >= 0.3 is 6.09 Å². The fourth-order valence-corrected chi connectivity index (χ4v) is 6.23. The number of carbonyl (C=O) groups excluding carboxylic acids is 1. The Kier molecular flexibility index (Phi) is 6.18. The summed E-state index contributed by atoms with van der Waals surface area (Å²) in [5.41, 5.74) is 1.58. The summed E-state index contributed by atoms with van der Waals surface area (Å²) < 4.78 is 33.9. The van der Waals surface area contributed by atoms with Crippen LogP contribution in [0, 0.1) is 0 Å². The molecule has 1 atom stereocenters. The Hall–Kier alpha value is -3.14. The van der Waals surface area contributed by atoms with Gasteiger partial charge in [0.2, 0.25) is 10.0 Å². The predicted octanol–water partition coefficient (Wildman–Crippen LogP) is 4.13. The van der Waals surface area contributed by atoms with Gasteiger partial charge in [-0.1, -0.05) is 30.3 Å². The van der Waals surface area contributed by atoms with Crippen LogP contribution in [0.4, 0.5) is 10.6 Å². The zero-order chi connectivity index (χ0) is 25.7. The topological polar surface area (TPSA) is 97.6 Å². The molecule has 0 radical (unpaired) electrons. The highest BCUT2D eigenvalue weighted by Gasteiger charge is 2.36. The molecule has 2 fully saturated rings. The summed E-state index contributed by atoms with van der Waals surface area (Å²) in [7, 11) is -3.68. The number of piperazine rings is 1. The van der Waals surface area contributed by atoms with Crippen molar-refractivity contribution in [2.24, 2.45) is 0 Å².